The average molecular weight is 414 g/mol. The Hall–Kier alpha value is -3.39. The molecule has 0 saturated heterocycles. The molecule has 0 aromatic heterocycles. The van der Waals surface area contributed by atoms with Gasteiger partial charge in [0.15, 0.2) is 0 Å². The molecule has 0 saturated carbocycles. The van der Waals surface area contributed by atoms with Gasteiger partial charge < -0.3 is 10.1 Å². The van der Waals surface area contributed by atoms with Crippen LogP contribution in [-0.4, -0.2) is 20.9 Å². The molecule has 0 aliphatic rings. The molecule has 0 atom stereocenters. The average Bonchev–Trinajstić information content (AvgIpc) is 2.71. The van der Waals surface area contributed by atoms with E-state index in [1.165, 1.54) is 36.4 Å². The third kappa shape index (κ3) is 5.11. The van der Waals surface area contributed by atoms with Gasteiger partial charge in [-0.3, -0.25) is 9.52 Å². The summed E-state index contributed by atoms with van der Waals surface area (Å²) in [5.41, 5.74) is 0.863. The summed E-state index contributed by atoms with van der Waals surface area (Å²) in [5.74, 6) is -0.431. The molecule has 0 radical (unpaired) electrons. The van der Waals surface area contributed by atoms with E-state index in [-0.39, 0.29) is 16.1 Å². The van der Waals surface area contributed by atoms with Crippen molar-refractivity contribution in [3.63, 3.8) is 0 Å². The Morgan fingerprint density at radius 3 is 2.45 bits per heavy atom. The van der Waals surface area contributed by atoms with Crippen LogP contribution in [0.25, 0.3) is 0 Å². The number of ether oxygens (including phenoxy) is 1. The van der Waals surface area contributed by atoms with Crippen LogP contribution in [0.4, 0.5) is 15.8 Å². The predicted molar refractivity (Wildman–Crippen MR) is 109 cm³/mol. The van der Waals surface area contributed by atoms with Gasteiger partial charge >= 0.3 is 0 Å². The Kier molecular flexibility index (Phi) is 6.13. The van der Waals surface area contributed by atoms with Crippen LogP contribution >= 0.6 is 0 Å². The molecule has 2 N–H and O–H groups in total. The van der Waals surface area contributed by atoms with Crippen molar-refractivity contribution in [2.24, 2.45) is 0 Å². The van der Waals surface area contributed by atoms with Gasteiger partial charge in [-0.15, -0.1) is 0 Å². The third-order valence-electron chi connectivity index (χ3n) is 3.94. The van der Waals surface area contributed by atoms with Crippen LogP contribution in [-0.2, 0) is 10.0 Å². The van der Waals surface area contributed by atoms with Crippen molar-refractivity contribution in [2.45, 2.75) is 11.8 Å². The zero-order chi connectivity index (χ0) is 20.9. The minimum atomic E-state index is -3.95. The van der Waals surface area contributed by atoms with Crippen molar-refractivity contribution in [3.05, 3.63) is 84.2 Å². The molecule has 1 amide bonds. The van der Waals surface area contributed by atoms with E-state index in [1.807, 2.05) is 6.92 Å². The third-order valence-corrected chi connectivity index (χ3v) is 5.32. The fourth-order valence-electron chi connectivity index (χ4n) is 2.58. The first-order chi connectivity index (χ1) is 13.9. The standard InChI is InChI=1S/C21H19FN2O4S/c1-2-28-20-9-4-3-8-19(20)23-21(25)15-6-5-7-18(14-15)29(26,27)24-17-12-10-16(22)11-13-17/h3-14,24H,2H2,1H3,(H,23,25). The smallest absolute Gasteiger partial charge is 0.261 e. The summed E-state index contributed by atoms with van der Waals surface area (Å²) in [5, 5.41) is 2.73. The highest BCUT2D eigenvalue weighted by atomic mass is 32.2. The largest absolute Gasteiger partial charge is 0.492 e. The number of amides is 1. The lowest BCUT2D eigenvalue weighted by Gasteiger charge is -2.12. The second-order valence-corrected chi connectivity index (χ2v) is 7.71. The number of carbonyl (C=O) groups is 1. The van der Waals surface area contributed by atoms with Crippen LogP contribution in [0.15, 0.2) is 77.7 Å². The molecule has 150 valence electrons. The SMILES string of the molecule is CCOc1ccccc1NC(=O)c1cccc(S(=O)(=O)Nc2ccc(F)cc2)c1. The number of hydrogen-bond acceptors (Lipinski definition) is 4. The van der Waals surface area contributed by atoms with E-state index in [0.717, 1.165) is 12.1 Å². The molecule has 0 aliphatic carbocycles. The second kappa shape index (κ2) is 8.74. The van der Waals surface area contributed by atoms with Crippen molar-refractivity contribution < 1.29 is 22.3 Å². The minimum absolute atomic E-state index is 0.0902. The van der Waals surface area contributed by atoms with Gasteiger partial charge in [0.2, 0.25) is 0 Å². The van der Waals surface area contributed by atoms with Crippen LogP contribution in [0.5, 0.6) is 5.75 Å². The molecule has 29 heavy (non-hydrogen) atoms. The topological polar surface area (TPSA) is 84.5 Å². The zero-order valence-corrected chi connectivity index (χ0v) is 16.4. The van der Waals surface area contributed by atoms with E-state index in [0.29, 0.717) is 18.0 Å². The Balaban J connectivity index is 1.81. The molecule has 0 spiro atoms. The molecule has 3 aromatic carbocycles. The summed E-state index contributed by atoms with van der Waals surface area (Å²) in [6, 6.07) is 17.5. The lowest BCUT2D eigenvalue weighted by molar-refractivity contribution is 0.102. The van der Waals surface area contributed by atoms with E-state index < -0.39 is 21.7 Å². The van der Waals surface area contributed by atoms with E-state index >= 15 is 0 Å². The van der Waals surface area contributed by atoms with E-state index in [2.05, 4.69) is 10.0 Å². The number of rotatable bonds is 7. The van der Waals surface area contributed by atoms with Gasteiger partial charge in [0, 0.05) is 11.3 Å². The predicted octanol–water partition coefficient (Wildman–Crippen LogP) is 4.28. The van der Waals surface area contributed by atoms with Crippen LogP contribution in [0, 0.1) is 5.82 Å². The van der Waals surface area contributed by atoms with Crippen LogP contribution < -0.4 is 14.8 Å². The Labute approximate surface area is 168 Å². The second-order valence-electron chi connectivity index (χ2n) is 6.02. The Bertz CT molecular complexity index is 1120. The molecule has 0 heterocycles. The highest BCUT2D eigenvalue weighted by molar-refractivity contribution is 7.92. The summed E-state index contributed by atoms with van der Waals surface area (Å²) in [7, 11) is -3.95. The number of nitrogens with one attached hydrogen (secondary N) is 2. The summed E-state index contributed by atoms with van der Waals surface area (Å²) in [6.07, 6.45) is 0. The van der Waals surface area contributed by atoms with Crippen LogP contribution in [0.3, 0.4) is 0 Å². The molecule has 8 heteroatoms. The molecular weight excluding hydrogens is 395 g/mol. The fraction of sp³-hybridized carbons (Fsp3) is 0.0952. The van der Waals surface area contributed by atoms with Crippen molar-refractivity contribution in [3.8, 4) is 5.75 Å². The molecule has 0 fully saturated rings. The van der Waals surface area contributed by atoms with Gasteiger partial charge in [-0.25, -0.2) is 12.8 Å². The first-order valence-electron chi connectivity index (χ1n) is 8.80. The Morgan fingerprint density at radius 1 is 1.00 bits per heavy atom. The van der Waals surface area contributed by atoms with Gasteiger partial charge in [-0.1, -0.05) is 18.2 Å². The molecule has 3 aromatic rings. The number of carbonyl (C=O) groups excluding carboxylic acids is 1. The van der Waals surface area contributed by atoms with Gasteiger partial charge in [0.25, 0.3) is 15.9 Å². The van der Waals surface area contributed by atoms with Gasteiger partial charge in [-0.05, 0) is 61.5 Å². The van der Waals surface area contributed by atoms with Gasteiger partial charge in [0.05, 0.1) is 17.2 Å². The Morgan fingerprint density at radius 2 is 1.72 bits per heavy atom. The molecule has 3 rings (SSSR count). The van der Waals surface area contributed by atoms with E-state index in [4.69, 9.17) is 4.74 Å². The maximum Gasteiger partial charge on any atom is 0.261 e. The zero-order valence-electron chi connectivity index (χ0n) is 15.6. The lowest BCUT2D eigenvalue weighted by atomic mass is 10.2. The number of benzene rings is 3. The van der Waals surface area contributed by atoms with Crippen molar-refractivity contribution in [1.82, 2.24) is 0 Å². The maximum absolute atomic E-state index is 13.0. The summed E-state index contributed by atoms with van der Waals surface area (Å²) in [6.45, 7) is 2.27. The molecule has 6 nitrogen and oxygen atoms in total. The van der Waals surface area contributed by atoms with Crippen molar-refractivity contribution in [1.29, 1.82) is 0 Å². The maximum atomic E-state index is 13.0. The number of anilines is 2. The first kappa shape index (κ1) is 20.3. The van der Waals surface area contributed by atoms with Gasteiger partial charge in [-0.2, -0.15) is 0 Å². The highest BCUT2D eigenvalue weighted by Crippen LogP contribution is 2.25. The molecule has 0 aliphatic heterocycles. The lowest BCUT2D eigenvalue weighted by Crippen LogP contribution is -2.16. The summed E-state index contributed by atoms with van der Waals surface area (Å²) in [4.78, 5) is 12.5. The van der Waals surface area contributed by atoms with Crippen molar-refractivity contribution in [2.75, 3.05) is 16.6 Å². The van der Waals surface area contributed by atoms with Crippen molar-refractivity contribution >= 4 is 27.3 Å². The first-order valence-corrected chi connectivity index (χ1v) is 10.3. The number of sulfonamides is 1. The summed E-state index contributed by atoms with van der Waals surface area (Å²) < 4.78 is 46.1. The molecule has 0 unspecified atom stereocenters. The normalized spacial score (nSPS) is 11.0. The van der Waals surface area contributed by atoms with E-state index in [1.54, 1.807) is 24.3 Å². The quantitative estimate of drug-likeness (QED) is 0.604. The van der Waals surface area contributed by atoms with Gasteiger partial charge in [0.1, 0.15) is 11.6 Å². The molecular formula is C21H19FN2O4S. The monoisotopic (exact) mass is 414 g/mol. The number of para-hydroxylation sites is 2. The van der Waals surface area contributed by atoms with Crippen LogP contribution in [0.2, 0.25) is 0 Å². The highest BCUT2D eigenvalue weighted by Gasteiger charge is 2.17. The molecule has 0 bridgehead atoms. The fourth-order valence-corrected chi connectivity index (χ4v) is 3.69. The van der Waals surface area contributed by atoms with Crippen LogP contribution in [0.1, 0.15) is 17.3 Å². The minimum Gasteiger partial charge on any atom is -0.492 e. The number of hydrogen-bond donors (Lipinski definition) is 2. The van der Waals surface area contributed by atoms with E-state index in [9.17, 15) is 17.6 Å². The summed E-state index contributed by atoms with van der Waals surface area (Å²) >= 11 is 0. The number of halogens is 1.